The quantitative estimate of drug-likeness (QED) is 0.735. The van der Waals surface area contributed by atoms with Crippen LogP contribution in [0.5, 0.6) is 11.5 Å². The molecule has 2 heterocycles. The summed E-state index contributed by atoms with van der Waals surface area (Å²) < 4.78 is 16.0. The zero-order valence-corrected chi connectivity index (χ0v) is 15.9. The maximum atomic E-state index is 12.7. The first-order valence-electron chi connectivity index (χ1n) is 8.15. The van der Waals surface area contributed by atoms with Crippen LogP contribution in [0.15, 0.2) is 34.5 Å². The van der Waals surface area contributed by atoms with E-state index >= 15 is 0 Å². The molecule has 0 N–H and O–H groups in total. The molecule has 2 aliphatic rings. The van der Waals surface area contributed by atoms with Crippen molar-refractivity contribution in [3.63, 3.8) is 0 Å². The summed E-state index contributed by atoms with van der Waals surface area (Å²) in [5.41, 5.74) is 1.55. The molecule has 0 saturated carbocycles. The second-order valence-corrected chi connectivity index (χ2v) is 6.60. The van der Waals surface area contributed by atoms with Crippen LogP contribution >= 0.6 is 11.8 Å². The average molecular weight is 376 g/mol. The monoisotopic (exact) mass is 376 g/mol. The average Bonchev–Trinajstić information content (AvgIpc) is 3.02. The number of methoxy groups -OCH3 is 2. The summed E-state index contributed by atoms with van der Waals surface area (Å²) in [5.74, 6) is 0.919. The van der Waals surface area contributed by atoms with Crippen molar-refractivity contribution in [2.45, 2.75) is 19.9 Å². The molecule has 1 amide bonds. The van der Waals surface area contributed by atoms with E-state index in [0.29, 0.717) is 39.3 Å². The molecule has 1 fully saturated rings. The number of aliphatic imine (C=N–C) groups is 1. The van der Waals surface area contributed by atoms with Crippen molar-refractivity contribution in [2.75, 3.05) is 26.6 Å². The number of esters is 1. The Kier molecular flexibility index (Phi) is 5.22. The molecule has 0 aromatic heterocycles. The third-order valence-corrected chi connectivity index (χ3v) is 5.17. The number of nitrogens with zero attached hydrogens (tertiary/aromatic N) is 2. The predicted octanol–water partition coefficient (Wildman–Crippen LogP) is 2.53. The summed E-state index contributed by atoms with van der Waals surface area (Å²) in [5, 5.41) is 0.579. The van der Waals surface area contributed by atoms with E-state index in [-0.39, 0.29) is 12.5 Å². The minimum absolute atomic E-state index is 0.0934. The fourth-order valence-corrected chi connectivity index (χ4v) is 3.96. The van der Waals surface area contributed by atoms with E-state index in [4.69, 9.17) is 14.2 Å². The number of amidine groups is 1. The highest BCUT2D eigenvalue weighted by molar-refractivity contribution is 8.15. The van der Waals surface area contributed by atoms with Gasteiger partial charge in [0, 0.05) is 11.3 Å². The van der Waals surface area contributed by atoms with E-state index in [2.05, 4.69) is 4.99 Å². The van der Waals surface area contributed by atoms with Crippen LogP contribution in [0.25, 0.3) is 0 Å². The molecule has 26 heavy (non-hydrogen) atoms. The lowest BCUT2D eigenvalue weighted by molar-refractivity contribution is -0.139. The van der Waals surface area contributed by atoms with Gasteiger partial charge in [-0.15, -0.1) is 0 Å². The lowest BCUT2D eigenvalue weighted by atomic mass is 9.95. The van der Waals surface area contributed by atoms with Gasteiger partial charge in [0.15, 0.2) is 5.17 Å². The van der Waals surface area contributed by atoms with Crippen LogP contribution in [-0.2, 0) is 14.3 Å². The van der Waals surface area contributed by atoms with Crippen LogP contribution < -0.4 is 9.47 Å². The number of fused-ring (bicyclic) bond motifs is 1. The minimum atomic E-state index is -0.635. The zero-order chi connectivity index (χ0) is 18.8. The Balaban J connectivity index is 2.18. The van der Waals surface area contributed by atoms with Crippen molar-refractivity contribution in [2.24, 2.45) is 4.99 Å². The van der Waals surface area contributed by atoms with Gasteiger partial charge in [-0.25, -0.2) is 9.79 Å². The van der Waals surface area contributed by atoms with Gasteiger partial charge in [0.2, 0.25) is 5.91 Å². The number of thioether (sulfide) groups is 1. The molecule has 0 aliphatic carbocycles. The number of amides is 1. The second-order valence-electron chi connectivity index (χ2n) is 5.66. The molecule has 3 rings (SSSR count). The van der Waals surface area contributed by atoms with Gasteiger partial charge in [0.05, 0.1) is 32.2 Å². The highest BCUT2D eigenvalue weighted by Gasteiger charge is 2.41. The van der Waals surface area contributed by atoms with Crippen molar-refractivity contribution in [3.05, 3.63) is 35.0 Å². The Morgan fingerprint density at radius 2 is 2.12 bits per heavy atom. The molecular weight excluding hydrogens is 356 g/mol. The number of carbonyl (C=O) groups is 2. The van der Waals surface area contributed by atoms with Gasteiger partial charge in [0.25, 0.3) is 0 Å². The van der Waals surface area contributed by atoms with E-state index in [1.807, 2.05) is 0 Å². The van der Waals surface area contributed by atoms with Crippen molar-refractivity contribution < 1.29 is 23.8 Å². The second kappa shape index (κ2) is 7.41. The Morgan fingerprint density at radius 1 is 1.35 bits per heavy atom. The molecule has 1 aromatic carbocycles. The molecule has 1 atom stereocenters. The van der Waals surface area contributed by atoms with Gasteiger partial charge in [-0.2, -0.15) is 0 Å². The molecule has 2 aliphatic heterocycles. The normalized spacial score (nSPS) is 19.2. The summed E-state index contributed by atoms with van der Waals surface area (Å²) in [7, 11) is 3.13. The lowest BCUT2D eigenvalue weighted by Gasteiger charge is -2.29. The van der Waals surface area contributed by atoms with Crippen LogP contribution in [0.4, 0.5) is 0 Å². The van der Waals surface area contributed by atoms with Crippen LogP contribution in [0, 0.1) is 0 Å². The summed E-state index contributed by atoms with van der Waals surface area (Å²) in [6.07, 6.45) is 0. The fourth-order valence-electron chi connectivity index (χ4n) is 3.03. The van der Waals surface area contributed by atoms with Crippen molar-refractivity contribution >= 4 is 28.8 Å². The van der Waals surface area contributed by atoms with Crippen LogP contribution in [0.2, 0.25) is 0 Å². The summed E-state index contributed by atoms with van der Waals surface area (Å²) in [4.78, 5) is 31.0. The molecule has 138 valence electrons. The van der Waals surface area contributed by atoms with Gasteiger partial charge in [-0.1, -0.05) is 11.8 Å². The van der Waals surface area contributed by atoms with E-state index in [1.54, 1.807) is 46.3 Å². The summed E-state index contributed by atoms with van der Waals surface area (Å²) in [6.45, 7) is 3.71. The molecule has 8 heteroatoms. The first-order chi connectivity index (χ1) is 12.5. The van der Waals surface area contributed by atoms with Gasteiger partial charge >= 0.3 is 5.97 Å². The van der Waals surface area contributed by atoms with E-state index in [0.717, 1.165) is 0 Å². The van der Waals surface area contributed by atoms with Crippen molar-refractivity contribution in [1.82, 2.24) is 4.90 Å². The van der Waals surface area contributed by atoms with Gasteiger partial charge in [0.1, 0.15) is 17.5 Å². The molecule has 1 aromatic rings. The molecule has 7 nitrogen and oxygen atoms in total. The maximum absolute atomic E-state index is 12.7. The smallest absolute Gasteiger partial charge is 0.338 e. The van der Waals surface area contributed by atoms with Gasteiger partial charge in [-0.05, 0) is 32.0 Å². The van der Waals surface area contributed by atoms with Gasteiger partial charge < -0.3 is 14.2 Å². The first kappa shape index (κ1) is 18.3. The molecule has 0 radical (unpaired) electrons. The largest absolute Gasteiger partial charge is 0.497 e. The minimum Gasteiger partial charge on any atom is -0.497 e. The van der Waals surface area contributed by atoms with Crippen LogP contribution in [-0.4, -0.2) is 48.5 Å². The number of allylic oxidation sites excluding steroid dienone is 1. The number of hydrogen-bond donors (Lipinski definition) is 0. The Labute approximate surface area is 156 Å². The number of ether oxygens (including phenoxy) is 3. The third kappa shape index (κ3) is 3.05. The standard InChI is InChI=1S/C18H20N2O5S/c1-5-25-17(22)15-10(2)20-14(21)9-26-18(20)19-16(15)12-8-11(23-3)6-7-13(12)24-4/h6-8,16H,5,9H2,1-4H3/t16-/m0/s1. The number of hydrogen-bond acceptors (Lipinski definition) is 7. The first-order valence-corrected chi connectivity index (χ1v) is 9.13. The molecular formula is C18H20N2O5S. The Hall–Kier alpha value is -2.48. The molecule has 0 unspecified atom stereocenters. The van der Waals surface area contributed by atoms with Crippen molar-refractivity contribution in [1.29, 1.82) is 0 Å². The van der Waals surface area contributed by atoms with E-state index < -0.39 is 12.0 Å². The topological polar surface area (TPSA) is 77.4 Å². The predicted molar refractivity (Wildman–Crippen MR) is 98.4 cm³/mol. The zero-order valence-electron chi connectivity index (χ0n) is 15.1. The van der Waals surface area contributed by atoms with Crippen LogP contribution in [0.1, 0.15) is 25.5 Å². The van der Waals surface area contributed by atoms with Gasteiger partial charge in [-0.3, -0.25) is 9.69 Å². The lowest BCUT2D eigenvalue weighted by Crippen LogP contribution is -2.35. The van der Waals surface area contributed by atoms with Crippen molar-refractivity contribution in [3.8, 4) is 11.5 Å². The maximum Gasteiger partial charge on any atom is 0.338 e. The summed E-state index contributed by atoms with van der Waals surface area (Å²) >= 11 is 1.36. The molecule has 0 bridgehead atoms. The van der Waals surface area contributed by atoms with E-state index in [1.165, 1.54) is 16.7 Å². The van der Waals surface area contributed by atoms with Crippen LogP contribution in [0.3, 0.4) is 0 Å². The van der Waals surface area contributed by atoms with E-state index in [9.17, 15) is 9.59 Å². The Bertz CT molecular complexity index is 818. The third-order valence-electron chi connectivity index (χ3n) is 4.23. The number of carbonyl (C=O) groups excluding carboxylic acids is 2. The highest BCUT2D eigenvalue weighted by Crippen LogP contribution is 2.43. The molecule has 1 saturated heterocycles. The highest BCUT2D eigenvalue weighted by atomic mass is 32.2. The molecule has 0 spiro atoms. The number of benzene rings is 1. The summed E-state index contributed by atoms with van der Waals surface area (Å²) in [6, 6.07) is 4.70. The fraction of sp³-hybridized carbons (Fsp3) is 0.389. The number of rotatable bonds is 5. The SMILES string of the molecule is CCOC(=O)C1=C(C)N2C(=O)CSC2=N[C@H]1c1cc(OC)ccc1OC. The Morgan fingerprint density at radius 3 is 2.77 bits per heavy atom.